The third-order valence-electron chi connectivity index (χ3n) is 3.49. The molecule has 1 saturated heterocycles. The first-order chi connectivity index (χ1) is 9.06. The summed E-state index contributed by atoms with van der Waals surface area (Å²) in [6.45, 7) is -1.08. The highest BCUT2D eigenvalue weighted by Crippen LogP contribution is 2.49. The van der Waals surface area contributed by atoms with Crippen LogP contribution in [0.4, 0.5) is 26.3 Å². The van der Waals surface area contributed by atoms with Gasteiger partial charge in [-0.25, -0.2) is 8.42 Å². The van der Waals surface area contributed by atoms with Crippen molar-refractivity contribution in [1.82, 2.24) is 4.31 Å². The molecule has 11 heteroatoms. The van der Waals surface area contributed by atoms with Gasteiger partial charge in [0.15, 0.2) is 0 Å². The minimum absolute atomic E-state index is 0.114. The second-order valence-corrected chi connectivity index (χ2v) is 7.75. The van der Waals surface area contributed by atoms with Gasteiger partial charge in [0.05, 0.1) is 40.3 Å². The van der Waals surface area contributed by atoms with Crippen molar-refractivity contribution in [2.75, 3.05) is 40.3 Å². The second kappa shape index (κ2) is 4.98. The molecule has 0 aromatic heterocycles. The monoisotopic (exact) mass is 343 g/mol. The number of hydrogen-bond acceptors (Lipinski definition) is 2. The lowest BCUT2D eigenvalue weighted by Crippen LogP contribution is -2.63. The van der Waals surface area contributed by atoms with Gasteiger partial charge in [0, 0.05) is 6.92 Å². The maximum absolute atomic E-state index is 13.6. The Morgan fingerprint density at radius 2 is 1.33 bits per heavy atom. The number of piperazine rings is 1. The summed E-state index contributed by atoms with van der Waals surface area (Å²) in [6, 6.07) is 0. The van der Waals surface area contributed by atoms with E-state index in [1.165, 1.54) is 0 Å². The van der Waals surface area contributed by atoms with Gasteiger partial charge in [0.25, 0.3) is 10.0 Å². The molecule has 0 atom stereocenters. The van der Waals surface area contributed by atoms with Crippen molar-refractivity contribution in [3.63, 3.8) is 0 Å². The maximum atomic E-state index is 13.6. The molecule has 0 aromatic rings. The van der Waals surface area contributed by atoms with Gasteiger partial charge in [-0.2, -0.15) is 30.6 Å². The molecule has 21 heavy (non-hydrogen) atoms. The molecule has 0 bridgehead atoms. The Morgan fingerprint density at radius 1 is 0.952 bits per heavy atom. The van der Waals surface area contributed by atoms with E-state index in [1.807, 2.05) is 0 Å². The van der Waals surface area contributed by atoms with Crippen LogP contribution in [0.1, 0.15) is 6.92 Å². The van der Waals surface area contributed by atoms with Crippen LogP contribution < -0.4 is 0 Å². The van der Waals surface area contributed by atoms with Gasteiger partial charge in [-0.15, -0.1) is 0 Å². The molecule has 0 radical (unpaired) electrons. The molecule has 0 N–H and O–H groups in total. The summed E-state index contributed by atoms with van der Waals surface area (Å²) >= 11 is 0. The predicted octanol–water partition coefficient (Wildman–Crippen LogP) is 1.59. The number of likely N-dealkylation sites (N-methyl/N-ethyl adjacent to an activating group) is 1. The van der Waals surface area contributed by atoms with E-state index in [9.17, 15) is 34.8 Å². The summed E-state index contributed by atoms with van der Waals surface area (Å²) in [6.07, 6.45) is 0. The van der Waals surface area contributed by atoms with Gasteiger partial charge in [-0.3, -0.25) is 0 Å². The molecule has 4 nitrogen and oxygen atoms in total. The predicted molar refractivity (Wildman–Crippen MR) is 62.9 cm³/mol. The number of sulfonamides is 1. The molecule has 1 aliphatic rings. The Bertz CT molecular complexity index is 490. The van der Waals surface area contributed by atoms with Gasteiger partial charge in [0.1, 0.15) is 0 Å². The van der Waals surface area contributed by atoms with Crippen molar-refractivity contribution < 1.29 is 39.2 Å². The van der Waals surface area contributed by atoms with Crippen LogP contribution in [0.3, 0.4) is 0 Å². The summed E-state index contributed by atoms with van der Waals surface area (Å²) in [5, 5.41) is -5.88. The average Bonchev–Trinajstić information content (AvgIpc) is 2.26. The zero-order valence-electron chi connectivity index (χ0n) is 11.7. The quantitative estimate of drug-likeness (QED) is 0.574. The van der Waals surface area contributed by atoms with Gasteiger partial charge in [0.2, 0.25) is 0 Å². The van der Waals surface area contributed by atoms with Crippen molar-refractivity contribution in [3.05, 3.63) is 0 Å². The molecule has 0 spiro atoms. The highest BCUT2D eigenvalue weighted by atomic mass is 32.2. The Kier molecular flexibility index (Phi) is 4.39. The molecule has 0 aromatic carbocycles. The summed E-state index contributed by atoms with van der Waals surface area (Å²) in [7, 11) is -2.48. The van der Waals surface area contributed by atoms with Crippen molar-refractivity contribution >= 4 is 10.0 Å². The zero-order valence-corrected chi connectivity index (χ0v) is 12.5. The number of nitrogens with zero attached hydrogens (tertiary/aromatic N) is 2. The topological polar surface area (TPSA) is 37.4 Å². The largest absolute Gasteiger partial charge is 0.427 e. The maximum Gasteiger partial charge on any atom is 0.427 e. The van der Waals surface area contributed by atoms with Gasteiger partial charge in [-0.05, 0) is 0 Å². The third kappa shape index (κ3) is 3.00. The van der Waals surface area contributed by atoms with E-state index >= 15 is 0 Å². The van der Waals surface area contributed by atoms with E-state index in [0.717, 1.165) is 0 Å². The number of alkyl halides is 6. The Hall–Kier alpha value is -0.550. The fraction of sp³-hybridized carbons (Fsp3) is 1.00. The van der Waals surface area contributed by atoms with Crippen LogP contribution in [0, 0.1) is 0 Å². The lowest BCUT2D eigenvalue weighted by Gasteiger charge is -2.40. The minimum atomic E-state index is -6.00. The number of quaternary nitrogens is 1. The molecule has 0 aliphatic carbocycles. The molecule has 0 saturated carbocycles. The number of rotatable bonds is 4. The zero-order chi connectivity index (χ0) is 16.9. The van der Waals surface area contributed by atoms with E-state index in [4.69, 9.17) is 0 Å². The van der Waals surface area contributed by atoms with Crippen LogP contribution in [0.25, 0.3) is 0 Å². The van der Waals surface area contributed by atoms with Crippen LogP contribution in [0.15, 0.2) is 0 Å². The molecular weight excluding hydrogens is 326 g/mol. The minimum Gasteiger partial charge on any atom is -0.326 e. The third-order valence-corrected chi connectivity index (χ3v) is 5.44. The first-order valence-corrected chi connectivity index (χ1v) is 7.45. The van der Waals surface area contributed by atoms with Gasteiger partial charge >= 0.3 is 17.1 Å². The molecule has 0 unspecified atom stereocenters. The summed E-state index contributed by atoms with van der Waals surface area (Å²) in [5.74, 6) is -11.2. The number of halogens is 6. The second-order valence-electron chi connectivity index (χ2n) is 5.77. The number of hydrogen-bond donors (Lipinski definition) is 0. The van der Waals surface area contributed by atoms with Crippen LogP contribution >= 0.6 is 0 Å². The van der Waals surface area contributed by atoms with Gasteiger partial charge in [-0.1, -0.05) is 0 Å². The highest BCUT2D eigenvalue weighted by Gasteiger charge is 2.76. The Labute approximate surface area is 119 Å². The average molecular weight is 343 g/mol. The lowest BCUT2D eigenvalue weighted by atomic mass is 10.2. The Balaban J connectivity index is 3.13. The molecule has 1 heterocycles. The first kappa shape index (κ1) is 18.5. The van der Waals surface area contributed by atoms with Crippen molar-refractivity contribution in [2.24, 2.45) is 0 Å². The van der Waals surface area contributed by atoms with Gasteiger partial charge < -0.3 is 4.48 Å². The summed E-state index contributed by atoms with van der Waals surface area (Å²) in [4.78, 5) is 0. The Morgan fingerprint density at radius 3 is 1.67 bits per heavy atom. The fourth-order valence-electron chi connectivity index (χ4n) is 1.81. The van der Waals surface area contributed by atoms with Crippen molar-refractivity contribution in [3.8, 4) is 0 Å². The van der Waals surface area contributed by atoms with Crippen LogP contribution in [-0.4, -0.2) is 74.6 Å². The standard InChI is InChI=1S/C10H17F6N2O2S/c1-8(11,12)9(13,14)10(15,16)21(19,20)17-4-6-18(2,3)7-5-17/h4-7H2,1-3H3/q+1. The molecular formula is C10H17F6N2O2S+. The first-order valence-electron chi connectivity index (χ1n) is 6.01. The normalized spacial score (nSPS) is 22.3. The van der Waals surface area contributed by atoms with E-state index in [-0.39, 0.29) is 17.4 Å². The van der Waals surface area contributed by atoms with E-state index in [1.54, 1.807) is 14.1 Å². The van der Waals surface area contributed by atoms with E-state index in [2.05, 4.69) is 0 Å². The molecule has 1 rings (SSSR count). The SMILES string of the molecule is CC(F)(F)C(F)(F)C(F)(F)S(=O)(=O)N1CC[N+](C)(C)CC1. The summed E-state index contributed by atoms with van der Waals surface area (Å²) < 4.78 is 103. The van der Waals surface area contributed by atoms with Crippen LogP contribution in [0.5, 0.6) is 0 Å². The van der Waals surface area contributed by atoms with E-state index < -0.39 is 47.1 Å². The van der Waals surface area contributed by atoms with Crippen molar-refractivity contribution in [2.45, 2.75) is 24.0 Å². The smallest absolute Gasteiger partial charge is 0.326 e. The molecule has 1 aliphatic heterocycles. The van der Waals surface area contributed by atoms with Crippen LogP contribution in [-0.2, 0) is 10.0 Å². The van der Waals surface area contributed by atoms with Crippen molar-refractivity contribution in [1.29, 1.82) is 0 Å². The van der Waals surface area contributed by atoms with Crippen LogP contribution in [0.2, 0.25) is 0 Å². The summed E-state index contributed by atoms with van der Waals surface area (Å²) in [5.41, 5.74) is 0. The fourth-order valence-corrected chi connectivity index (χ4v) is 3.28. The van der Waals surface area contributed by atoms with E-state index in [0.29, 0.717) is 4.48 Å². The molecule has 126 valence electrons. The molecule has 1 fully saturated rings. The highest BCUT2D eigenvalue weighted by molar-refractivity contribution is 7.90. The lowest BCUT2D eigenvalue weighted by molar-refractivity contribution is -0.893. The molecule has 0 amide bonds.